The normalized spacial score (nSPS) is 24.4. The van der Waals surface area contributed by atoms with E-state index in [2.05, 4.69) is 52.4 Å². The van der Waals surface area contributed by atoms with Crippen molar-refractivity contribution in [3.05, 3.63) is 48.6 Å². The van der Waals surface area contributed by atoms with Crippen LogP contribution >= 0.6 is 0 Å². The second kappa shape index (κ2) is 10.6. The van der Waals surface area contributed by atoms with E-state index in [-0.39, 0.29) is 5.92 Å². The Morgan fingerprint density at radius 1 is 1.04 bits per heavy atom. The molecule has 1 aliphatic carbocycles. The number of benzene rings is 1. The molecular formula is C23H35N3O. The summed E-state index contributed by atoms with van der Waals surface area (Å²) in [5.41, 5.74) is 1.37. The molecule has 1 amide bonds. The van der Waals surface area contributed by atoms with Gasteiger partial charge in [0.2, 0.25) is 5.91 Å². The summed E-state index contributed by atoms with van der Waals surface area (Å²) in [7, 11) is 0. The van der Waals surface area contributed by atoms with Gasteiger partial charge in [0.05, 0.1) is 0 Å². The zero-order chi connectivity index (χ0) is 18.9. The van der Waals surface area contributed by atoms with Gasteiger partial charge in [0, 0.05) is 37.6 Å². The number of nitrogens with one attached hydrogen (secondary N) is 2. The van der Waals surface area contributed by atoms with E-state index in [1.807, 2.05) is 6.08 Å². The molecular weight excluding hydrogens is 334 g/mol. The zero-order valence-corrected chi connectivity index (χ0v) is 16.5. The third-order valence-electron chi connectivity index (χ3n) is 6.06. The second-order valence-electron chi connectivity index (χ2n) is 8.12. The SMILES string of the molecule is C=CCCNC1CCC(C(=O)NC2CCN(Cc3ccccc3)CC2)CC1. The standard InChI is InChI=1S/C23H35N3O/c1-2-3-15-24-21-11-9-20(10-12-21)23(27)25-22-13-16-26(17-14-22)18-19-7-5-4-6-8-19/h2,4-8,20-22,24H,1,3,9-18H2,(H,25,27). The minimum Gasteiger partial charge on any atom is -0.353 e. The van der Waals surface area contributed by atoms with Crippen molar-refractivity contribution >= 4 is 5.91 Å². The van der Waals surface area contributed by atoms with Crippen molar-refractivity contribution in [1.29, 1.82) is 0 Å². The number of hydrogen-bond acceptors (Lipinski definition) is 3. The average molecular weight is 370 g/mol. The van der Waals surface area contributed by atoms with Crippen molar-refractivity contribution in [1.82, 2.24) is 15.5 Å². The van der Waals surface area contributed by atoms with Gasteiger partial charge in [-0.1, -0.05) is 36.4 Å². The lowest BCUT2D eigenvalue weighted by Gasteiger charge is -2.34. The lowest BCUT2D eigenvalue weighted by atomic mass is 9.85. The summed E-state index contributed by atoms with van der Waals surface area (Å²) in [5, 5.41) is 6.92. The molecule has 27 heavy (non-hydrogen) atoms. The molecule has 4 heteroatoms. The van der Waals surface area contributed by atoms with Crippen LogP contribution in [0.1, 0.15) is 50.5 Å². The number of hydrogen-bond donors (Lipinski definition) is 2. The topological polar surface area (TPSA) is 44.4 Å². The Labute approximate surface area is 164 Å². The summed E-state index contributed by atoms with van der Waals surface area (Å²) in [6.45, 7) is 7.93. The molecule has 148 valence electrons. The number of nitrogens with zero attached hydrogens (tertiary/aromatic N) is 1. The fourth-order valence-electron chi connectivity index (χ4n) is 4.35. The van der Waals surface area contributed by atoms with E-state index in [4.69, 9.17) is 0 Å². The van der Waals surface area contributed by atoms with Gasteiger partial charge in [-0.15, -0.1) is 6.58 Å². The molecule has 1 heterocycles. The predicted octanol–water partition coefficient (Wildman–Crippen LogP) is 3.49. The molecule has 0 unspecified atom stereocenters. The van der Waals surface area contributed by atoms with Crippen LogP contribution in [0.15, 0.2) is 43.0 Å². The first-order chi connectivity index (χ1) is 13.2. The van der Waals surface area contributed by atoms with Crippen molar-refractivity contribution in [3.8, 4) is 0 Å². The molecule has 3 rings (SSSR count). The molecule has 1 aliphatic heterocycles. The quantitative estimate of drug-likeness (QED) is 0.545. The molecule has 0 radical (unpaired) electrons. The second-order valence-corrected chi connectivity index (χ2v) is 8.12. The zero-order valence-electron chi connectivity index (χ0n) is 16.5. The number of likely N-dealkylation sites (tertiary alicyclic amines) is 1. The Morgan fingerprint density at radius 3 is 2.41 bits per heavy atom. The highest BCUT2D eigenvalue weighted by Crippen LogP contribution is 2.25. The van der Waals surface area contributed by atoms with Gasteiger partial charge in [-0.2, -0.15) is 0 Å². The van der Waals surface area contributed by atoms with E-state index < -0.39 is 0 Å². The lowest BCUT2D eigenvalue weighted by Crippen LogP contribution is -2.47. The molecule has 1 aromatic rings. The van der Waals surface area contributed by atoms with E-state index in [9.17, 15) is 4.79 Å². The molecule has 1 saturated carbocycles. The number of carbonyl (C=O) groups excluding carboxylic acids is 1. The van der Waals surface area contributed by atoms with Gasteiger partial charge in [-0.3, -0.25) is 9.69 Å². The molecule has 2 aliphatic rings. The molecule has 2 fully saturated rings. The highest BCUT2D eigenvalue weighted by molar-refractivity contribution is 5.79. The van der Waals surface area contributed by atoms with Gasteiger partial charge < -0.3 is 10.6 Å². The van der Waals surface area contributed by atoms with Gasteiger partial charge in [0.15, 0.2) is 0 Å². The fourth-order valence-corrected chi connectivity index (χ4v) is 4.35. The summed E-state index contributed by atoms with van der Waals surface area (Å²) in [5.74, 6) is 0.505. The number of rotatable bonds is 8. The van der Waals surface area contributed by atoms with Crippen LogP contribution in [0, 0.1) is 5.92 Å². The summed E-state index contributed by atoms with van der Waals surface area (Å²) >= 11 is 0. The van der Waals surface area contributed by atoms with Crippen LogP contribution in [0.5, 0.6) is 0 Å². The van der Waals surface area contributed by atoms with Crippen molar-refractivity contribution in [2.24, 2.45) is 5.92 Å². The van der Waals surface area contributed by atoms with Gasteiger partial charge in [-0.25, -0.2) is 0 Å². The minimum absolute atomic E-state index is 0.213. The van der Waals surface area contributed by atoms with E-state index in [1.165, 1.54) is 5.56 Å². The average Bonchev–Trinajstić information content (AvgIpc) is 2.71. The lowest BCUT2D eigenvalue weighted by molar-refractivity contribution is -0.127. The molecule has 0 spiro atoms. The van der Waals surface area contributed by atoms with Crippen LogP contribution in [0.3, 0.4) is 0 Å². The van der Waals surface area contributed by atoms with Gasteiger partial charge in [-0.05, 0) is 57.1 Å². The summed E-state index contributed by atoms with van der Waals surface area (Å²) < 4.78 is 0. The Morgan fingerprint density at radius 2 is 1.74 bits per heavy atom. The highest BCUT2D eigenvalue weighted by atomic mass is 16.1. The monoisotopic (exact) mass is 369 g/mol. The van der Waals surface area contributed by atoms with Gasteiger partial charge in [0.25, 0.3) is 0 Å². The molecule has 2 N–H and O–H groups in total. The van der Waals surface area contributed by atoms with Crippen molar-refractivity contribution in [3.63, 3.8) is 0 Å². The van der Waals surface area contributed by atoms with Gasteiger partial charge in [0.1, 0.15) is 0 Å². The van der Waals surface area contributed by atoms with Crippen molar-refractivity contribution in [2.75, 3.05) is 19.6 Å². The first-order valence-corrected chi connectivity index (χ1v) is 10.7. The largest absolute Gasteiger partial charge is 0.353 e. The predicted molar refractivity (Wildman–Crippen MR) is 111 cm³/mol. The van der Waals surface area contributed by atoms with Crippen LogP contribution < -0.4 is 10.6 Å². The van der Waals surface area contributed by atoms with E-state index >= 15 is 0 Å². The first kappa shape index (κ1) is 20.1. The minimum atomic E-state index is 0.213. The molecule has 4 nitrogen and oxygen atoms in total. The molecule has 0 bridgehead atoms. The smallest absolute Gasteiger partial charge is 0.223 e. The molecule has 0 aromatic heterocycles. The van der Waals surface area contributed by atoms with Crippen LogP contribution in [-0.4, -0.2) is 42.5 Å². The fraction of sp³-hybridized carbons (Fsp3) is 0.609. The van der Waals surface area contributed by atoms with E-state index in [0.717, 1.165) is 71.1 Å². The number of piperidine rings is 1. The summed E-state index contributed by atoms with van der Waals surface area (Å²) in [6.07, 6.45) is 9.37. The van der Waals surface area contributed by atoms with E-state index in [1.54, 1.807) is 0 Å². The van der Waals surface area contributed by atoms with Crippen molar-refractivity contribution in [2.45, 2.75) is 63.6 Å². The van der Waals surface area contributed by atoms with Crippen LogP contribution in [-0.2, 0) is 11.3 Å². The Balaban J connectivity index is 1.33. The third kappa shape index (κ3) is 6.47. The van der Waals surface area contributed by atoms with Gasteiger partial charge >= 0.3 is 0 Å². The Kier molecular flexibility index (Phi) is 7.91. The summed E-state index contributed by atoms with van der Waals surface area (Å²) in [4.78, 5) is 15.1. The number of amides is 1. The van der Waals surface area contributed by atoms with Crippen LogP contribution in [0.2, 0.25) is 0 Å². The maximum atomic E-state index is 12.6. The maximum absolute atomic E-state index is 12.6. The van der Waals surface area contributed by atoms with Crippen LogP contribution in [0.4, 0.5) is 0 Å². The Bertz CT molecular complexity index is 573. The number of carbonyl (C=O) groups is 1. The molecule has 1 saturated heterocycles. The van der Waals surface area contributed by atoms with Crippen LogP contribution in [0.25, 0.3) is 0 Å². The van der Waals surface area contributed by atoms with Crippen molar-refractivity contribution < 1.29 is 4.79 Å². The first-order valence-electron chi connectivity index (χ1n) is 10.7. The molecule has 0 atom stereocenters. The van der Waals surface area contributed by atoms with E-state index in [0.29, 0.717) is 18.0 Å². The highest BCUT2D eigenvalue weighted by Gasteiger charge is 2.28. The third-order valence-corrected chi connectivity index (χ3v) is 6.06. The maximum Gasteiger partial charge on any atom is 0.223 e. The Hall–Kier alpha value is -1.65. The molecule has 1 aromatic carbocycles. The summed E-state index contributed by atoms with van der Waals surface area (Å²) in [6, 6.07) is 11.6.